The predicted octanol–water partition coefficient (Wildman–Crippen LogP) is 5.87. The number of rotatable bonds is 9. The number of halogens is 1. The zero-order valence-electron chi connectivity index (χ0n) is 23.6. The number of pyridine rings is 1. The number of fused-ring (bicyclic) bond motifs is 1. The van der Waals surface area contributed by atoms with Gasteiger partial charge in [-0.1, -0.05) is 36.4 Å². The molecule has 6 rings (SSSR count). The van der Waals surface area contributed by atoms with Crippen molar-refractivity contribution in [1.82, 2.24) is 4.98 Å². The molecule has 2 heterocycles. The van der Waals surface area contributed by atoms with E-state index in [-0.39, 0.29) is 24.0 Å². The highest BCUT2D eigenvalue weighted by molar-refractivity contribution is 5.96. The highest BCUT2D eigenvalue weighted by Gasteiger charge is 2.32. The molecule has 0 amide bonds. The molecule has 1 unspecified atom stereocenters. The lowest BCUT2D eigenvalue weighted by molar-refractivity contribution is -0.137. The van der Waals surface area contributed by atoms with Crippen LogP contribution in [0.1, 0.15) is 31.7 Å². The van der Waals surface area contributed by atoms with E-state index in [0.717, 1.165) is 46.8 Å². The molecule has 0 aliphatic carbocycles. The minimum Gasteiger partial charge on any atom is -0.480 e. The molecule has 2 atom stereocenters. The molecule has 1 aliphatic rings. The van der Waals surface area contributed by atoms with Gasteiger partial charge < -0.3 is 20.6 Å². The Bertz CT molecular complexity index is 1860. The minimum absolute atomic E-state index is 0.100. The number of carbonyl (C=O) groups is 1. The van der Waals surface area contributed by atoms with E-state index in [4.69, 9.17) is 4.98 Å². The zero-order chi connectivity index (χ0) is 30.1. The molecule has 9 heteroatoms. The summed E-state index contributed by atoms with van der Waals surface area (Å²) in [6.07, 6.45) is 3.02. The highest BCUT2D eigenvalue weighted by atomic mass is 19.1. The third kappa shape index (κ3) is 5.70. The van der Waals surface area contributed by atoms with Crippen LogP contribution in [0.5, 0.6) is 0 Å². The Hall–Kier alpha value is -5.05. The van der Waals surface area contributed by atoms with Crippen LogP contribution in [0.3, 0.4) is 0 Å². The van der Waals surface area contributed by atoms with Gasteiger partial charge in [-0.15, -0.1) is 0 Å². The van der Waals surface area contributed by atoms with Crippen LogP contribution in [-0.4, -0.2) is 34.7 Å². The van der Waals surface area contributed by atoms with Gasteiger partial charge >= 0.3 is 5.97 Å². The molecule has 43 heavy (non-hydrogen) atoms. The molecule has 5 aromatic rings. The van der Waals surface area contributed by atoms with E-state index >= 15 is 0 Å². The van der Waals surface area contributed by atoms with Gasteiger partial charge in [0.15, 0.2) is 0 Å². The summed E-state index contributed by atoms with van der Waals surface area (Å²) in [6, 6.07) is 22.3. The Morgan fingerprint density at radius 1 is 1.02 bits per heavy atom. The van der Waals surface area contributed by atoms with Crippen molar-refractivity contribution in [3.05, 3.63) is 111 Å². The van der Waals surface area contributed by atoms with E-state index in [2.05, 4.69) is 10.6 Å². The van der Waals surface area contributed by atoms with Crippen LogP contribution < -0.4 is 26.4 Å². The number of nitrogens with zero attached hydrogens (tertiary/aromatic N) is 2. The first-order valence-electron chi connectivity index (χ1n) is 14.4. The average Bonchev–Trinajstić information content (AvgIpc) is 3.02. The largest absolute Gasteiger partial charge is 0.480 e. The fourth-order valence-corrected chi connectivity index (χ4v) is 5.75. The number of carboxylic acid groups (broad SMARTS) is 1. The Morgan fingerprint density at radius 3 is 2.49 bits per heavy atom. The van der Waals surface area contributed by atoms with Gasteiger partial charge in [-0.2, -0.15) is 0 Å². The Morgan fingerprint density at radius 2 is 1.77 bits per heavy atom. The number of anilines is 4. The standard InChI is InChI=1S/C34H31FN4O4/c1-20-6-4-5-17-39(20)30-29(31(40)32(30)41)37-28(34(42)43)18-21-9-15-25(16-10-21)36-33-26-8-3-2-7-23(26)19-27(38-33)22-11-13-24(35)14-12-22/h2-3,7-16,19-20,28,37H,4-6,17-18H2,1H3,(H,36,38)(H,42,43)/t20?,28-/m0/s1. The number of benzene rings is 3. The normalized spacial score (nSPS) is 15.9. The molecule has 0 radical (unpaired) electrons. The molecule has 1 fully saturated rings. The van der Waals surface area contributed by atoms with E-state index < -0.39 is 22.9 Å². The molecule has 0 bridgehead atoms. The van der Waals surface area contributed by atoms with E-state index in [0.29, 0.717) is 23.7 Å². The summed E-state index contributed by atoms with van der Waals surface area (Å²) in [5.74, 6) is -0.791. The summed E-state index contributed by atoms with van der Waals surface area (Å²) < 4.78 is 13.5. The molecular formula is C34H31FN4O4. The Kier molecular flexibility index (Phi) is 7.63. The second kappa shape index (κ2) is 11.7. The van der Waals surface area contributed by atoms with Crippen LogP contribution in [-0.2, 0) is 11.2 Å². The third-order valence-corrected chi connectivity index (χ3v) is 8.13. The van der Waals surface area contributed by atoms with Crippen LogP contribution >= 0.6 is 0 Å². The third-order valence-electron chi connectivity index (χ3n) is 8.13. The van der Waals surface area contributed by atoms with E-state index in [1.807, 2.05) is 66.4 Å². The molecule has 1 aromatic heterocycles. The van der Waals surface area contributed by atoms with Crippen molar-refractivity contribution >= 4 is 39.6 Å². The topological polar surface area (TPSA) is 112 Å². The van der Waals surface area contributed by atoms with Crippen LogP contribution in [0, 0.1) is 5.82 Å². The van der Waals surface area contributed by atoms with Crippen molar-refractivity contribution in [3.8, 4) is 11.3 Å². The summed E-state index contributed by atoms with van der Waals surface area (Å²) in [4.78, 5) is 43.8. The second-order valence-electron chi connectivity index (χ2n) is 11.1. The van der Waals surface area contributed by atoms with Crippen LogP contribution in [0.2, 0.25) is 0 Å². The monoisotopic (exact) mass is 578 g/mol. The van der Waals surface area contributed by atoms with E-state index in [1.165, 1.54) is 12.1 Å². The van der Waals surface area contributed by atoms with Crippen molar-refractivity contribution in [1.29, 1.82) is 0 Å². The van der Waals surface area contributed by atoms with Gasteiger partial charge in [0.2, 0.25) is 0 Å². The molecule has 0 spiro atoms. The van der Waals surface area contributed by atoms with Crippen molar-refractivity contribution in [2.45, 2.75) is 44.7 Å². The molecule has 1 aliphatic heterocycles. The SMILES string of the molecule is CC1CCCCN1c1c(N[C@@H](Cc2ccc(Nc3nc(-c4ccc(F)cc4)cc4ccccc34)cc2)C(=O)O)c(=O)c1=O. The Labute approximate surface area is 247 Å². The fourth-order valence-electron chi connectivity index (χ4n) is 5.75. The number of nitrogens with one attached hydrogen (secondary N) is 2. The first kappa shape index (κ1) is 28.1. The van der Waals surface area contributed by atoms with Crippen molar-refractivity contribution in [2.24, 2.45) is 0 Å². The predicted molar refractivity (Wildman–Crippen MR) is 168 cm³/mol. The van der Waals surface area contributed by atoms with Gasteiger partial charge in [-0.05, 0) is 79.6 Å². The van der Waals surface area contributed by atoms with Crippen LogP contribution in [0.25, 0.3) is 22.0 Å². The first-order valence-corrected chi connectivity index (χ1v) is 14.4. The number of aromatic nitrogens is 1. The fraction of sp³-hybridized carbons (Fsp3) is 0.235. The number of carboxylic acids is 1. The maximum atomic E-state index is 13.5. The quantitative estimate of drug-likeness (QED) is 0.186. The molecule has 1 saturated heterocycles. The van der Waals surface area contributed by atoms with Gasteiger partial charge in [0.25, 0.3) is 10.9 Å². The highest BCUT2D eigenvalue weighted by Crippen LogP contribution is 2.31. The summed E-state index contributed by atoms with van der Waals surface area (Å²) in [7, 11) is 0. The van der Waals surface area contributed by atoms with Gasteiger partial charge in [0.05, 0.1) is 5.69 Å². The van der Waals surface area contributed by atoms with Crippen LogP contribution in [0.4, 0.5) is 27.3 Å². The summed E-state index contributed by atoms with van der Waals surface area (Å²) in [5, 5.41) is 18.1. The van der Waals surface area contributed by atoms with Crippen LogP contribution in [0.15, 0.2) is 88.5 Å². The van der Waals surface area contributed by atoms with Gasteiger partial charge in [-0.25, -0.2) is 14.2 Å². The molecule has 0 saturated carbocycles. The molecule has 4 aromatic carbocycles. The summed E-state index contributed by atoms with van der Waals surface area (Å²) in [5.41, 5.74) is 2.18. The van der Waals surface area contributed by atoms with Crippen molar-refractivity contribution in [2.75, 3.05) is 22.1 Å². The maximum absolute atomic E-state index is 13.5. The lowest BCUT2D eigenvalue weighted by Crippen LogP contribution is -2.49. The number of piperidine rings is 1. The van der Waals surface area contributed by atoms with Gasteiger partial charge in [0, 0.05) is 35.6 Å². The van der Waals surface area contributed by atoms with E-state index in [1.54, 1.807) is 12.1 Å². The molecular weight excluding hydrogens is 547 g/mol. The van der Waals surface area contributed by atoms with Gasteiger partial charge in [0.1, 0.15) is 29.1 Å². The van der Waals surface area contributed by atoms with E-state index in [9.17, 15) is 23.9 Å². The first-order chi connectivity index (χ1) is 20.8. The molecule has 8 nitrogen and oxygen atoms in total. The van der Waals surface area contributed by atoms with Gasteiger partial charge in [-0.3, -0.25) is 9.59 Å². The summed E-state index contributed by atoms with van der Waals surface area (Å²) in [6.45, 7) is 2.69. The number of hydrogen-bond donors (Lipinski definition) is 3. The van der Waals surface area contributed by atoms with Crippen molar-refractivity contribution in [3.63, 3.8) is 0 Å². The lowest BCUT2D eigenvalue weighted by Gasteiger charge is -2.37. The lowest BCUT2D eigenvalue weighted by atomic mass is 9.99. The average molecular weight is 579 g/mol. The zero-order valence-corrected chi connectivity index (χ0v) is 23.6. The number of hydrogen-bond acceptors (Lipinski definition) is 7. The Balaban J connectivity index is 1.21. The number of aliphatic carboxylic acids is 1. The second-order valence-corrected chi connectivity index (χ2v) is 11.1. The minimum atomic E-state index is -1.11. The molecule has 3 N–H and O–H groups in total. The summed E-state index contributed by atoms with van der Waals surface area (Å²) >= 11 is 0. The molecule has 218 valence electrons. The van der Waals surface area contributed by atoms with Crippen molar-refractivity contribution < 1.29 is 14.3 Å². The smallest absolute Gasteiger partial charge is 0.326 e. The maximum Gasteiger partial charge on any atom is 0.326 e.